The van der Waals surface area contributed by atoms with Crippen LogP contribution in [-0.2, 0) is 9.59 Å². The van der Waals surface area contributed by atoms with Crippen molar-refractivity contribution in [2.45, 2.75) is 56.6 Å². The number of rotatable bonds is 2. The Hall–Kier alpha value is -1.01. The molecule has 0 aromatic carbocycles. The zero-order chi connectivity index (χ0) is 19.8. The molecule has 4 aliphatic carbocycles. The highest BCUT2D eigenvalue weighted by Gasteiger charge is 2.68. The molecular formula is C21H27ClO5. The number of fused-ring (bicyclic) bond motifs is 5. The molecule has 27 heavy (non-hydrogen) atoms. The molecule has 0 spiro atoms. The molecule has 4 aliphatic rings. The van der Waals surface area contributed by atoms with Gasteiger partial charge in [-0.25, -0.2) is 0 Å². The van der Waals surface area contributed by atoms with E-state index in [0.29, 0.717) is 25.7 Å². The van der Waals surface area contributed by atoms with Crippen LogP contribution < -0.4 is 0 Å². The fraction of sp³-hybridized carbons (Fsp3) is 0.714. The Morgan fingerprint density at radius 1 is 1.37 bits per heavy atom. The topological polar surface area (TPSA) is 94.8 Å². The average molecular weight is 395 g/mol. The molecule has 3 N–H and O–H groups in total. The number of hydrogen-bond donors (Lipinski definition) is 3. The van der Waals surface area contributed by atoms with Gasteiger partial charge in [-0.3, -0.25) is 9.59 Å². The standard InChI is InChI=1S/C21H27ClO5/c1-19-5-3-11(24)7-14(19)15(22)8-12-13-4-6-21(27,17(26)10-23)20(13,2)9-16(25)18(12)19/h3,5,7,12-13,15-16,18,23,25,27H,4,6,8-10H2,1-2H3/t12-,13-,15?,16?,18+,19-,20-,21-/m0/s1. The number of alkyl halides is 1. The highest BCUT2D eigenvalue weighted by molar-refractivity contribution is 6.23. The molecule has 148 valence electrons. The van der Waals surface area contributed by atoms with Gasteiger partial charge in [0.05, 0.1) is 11.5 Å². The van der Waals surface area contributed by atoms with E-state index in [1.807, 2.05) is 19.9 Å². The minimum absolute atomic E-state index is 0.0250. The summed E-state index contributed by atoms with van der Waals surface area (Å²) in [5, 5.41) is 31.4. The van der Waals surface area contributed by atoms with Crippen molar-refractivity contribution in [1.82, 2.24) is 0 Å². The van der Waals surface area contributed by atoms with Gasteiger partial charge in [0.15, 0.2) is 11.6 Å². The van der Waals surface area contributed by atoms with E-state index in [-0.39, 0.29) is 28.9 Å². The first kappa shape index (κ1) is 19.3. The summed E-state index contributed by atoms with van der Waals surface area (Å²) >= 11 is 6.70. The molecule has 0 amide bonds. The molecule has 0 radical (unpaired) electrons. The number of ketones is 2. The average Bonchev–Trinajstić information content (AvgIpc) is 2.87. The number of halogens is 1. The lowest BCUT2D eigenvalue weighted by atomic mass is 9.46. The van der Waals surface area contributed by atoms with Crippen molar-refractivity contribution >= 4 is 23.2 Å². The van der Waals surface area contributed by atoms with Crippen molar-refractivity contribution in [3.63, 3.8) is 0 Å². The van der Waals surface area contributed by atoms with Crippen molar-refractivity contribution in [3.05, 3.63) is 23.8 Å². The van der Waals surface area contributed by atoms with E-state index in [2.05, 4.69) is 0 Å². The minimum atomic E-state index is -1.62. The Kier molecular flexibility index (Phi) is 4.29. The second-order valence-corrected chi connectivity index (χ2v) is 9.81. The van der Waals surface area contributed by atoms with Crippen LogP contribution in [0.2, 0.25) is 0 Å². The Balaban J connectivity index is 1.78. The number of allylic oxidation sites excluding steroid dienone is 4. The van der Waals surface area contributed by atoms with Crippen LogP contribution in [0.1, 0.15) is 39.5 Å². The number of hydrogen-bond acceptors (Lipinski definition) is 5. The SMILES string of the molecule is C[C@]12C=CC(=O)C=C1C(Cl)C[C@@H]1[C@@H]2C(O)C[C@@]2(C)[C@H]1CC[C@]2(O)C(=O)CO. The lowest BCUT2D eigenvalue weighted by Gasteiger charge is -2.60. The summed E-state index contributed by atoms with van der Waals surface area (Å²) in [7, 11) is 0. The monoisotopic (exact) mass is 394 g/mol. The highest BCUT2D eigenvalue weighted by Crippen LogP contribution is 2.67. The molecule has 0 aromatic rings. The summed E-state index contributed by atoms with van der Waals surface area (Å²) in [6.07, 6.45) is 6.16. The second-order valence-electron chi connectivity index (χ2n) is 9.29. The summed E-state index contributed by atoms with van der Waals surface area (Å²) in [4.78, 5) is 24.3. The number of aliphatic hydroxyl groups is 3. The predicted molar refractivity (Wildman–Crippen MR) is 100 cm³/mol. The lowest BCUT2D eigenvalue weighted by molar-refractivity contribution is -0.178. The third-order valence-electron chi connectivity index (χ3n) is 8.23. The van der Waals surface area contributed by atoms with Gasteiger partial charge in [-0.2, -0.15) is 0 Å². The summed E-state index contributed by atoms with van der Waals surface area (Å²) in [6, 6.07) is 0. The molecule has 6 heteroatoms. The van der Waals surface area contributed by atoms with Gasteiger partial charge in [0.25, 0.3) is 0 Å². The highest BCUT2D eigenvalue weighted by atomic mass is 35.5. The zero-order valence-corrected chi connectivity index (χ0v) is 16.4. The Labute approximate surface area is 164 Å². The van der Waals surface area contributed by atoms with Gasteiger partial charge in [0.2, 0.25) is 0 Å². The molecule has 0 saturated heterocycles. The molecule has 0 heterocycles. The molecule has 3 fully saturated rings. The molecule has 2 unspecified atom stereocenters. The fourth-order valence-electron chi connectivity index (χ4n) is 6.93. The van der Waals surface area contributed by atoms with Crippen LogP contribution in [-0.4, -0.2) is 50.6 Å². The number of aliphatic hydroxyl groups excluding tert-OH is 2. The van der Waals surface area contributed by atoms with Crippen LogP contribution in [0.25, 0.3) is 0 Å². The van der Waals surface area contributed by atoms with E-state index in [9.17, 15) is 24.9 Å². The minimum Gasteiger partial charge on any atom is -0.393 e. The van der Waals surface area contributed by atoms with Gasteiger partial charge in [0.1, 0.15) is 12.2 Å². The maximum absolute atomic E-state index is 12.4. The first-order valence-electron chi connectivity index (χ1n) is 9.72. The van der Waals surface area contributed by atoms with Gasteiger partial charge in [-0.05, 0) is 55.2 Å². The summed E-state index contributed by atoms with van der Waals surface area (Å²) in [6.45, 7) is 3.20. The van der Waals surface area contributed by atoms with E-state index in [4.69, 9.17) is 11.6 Å². The van der Waals surface area contributed by atoms with Crippen molar-refractivity contribution in [1.29, 1.82) is 0 Å². The second kappa shape index (κ2) is 5.99. The Morgan fingerprint density at radius 3 is 2.74 bits per heavy atom. The molecule has 8 atom stereocenters. The molecule has 0 bridgehead atoms. The normalized spacial score (nSPS) is 51.3. The van der Waals surface area contributed by atoms with Crippen molar-refractivity contribution < 1.29 is 24.9 Å². The molecule has 4 rings (SSSR count). The van der Waals surface area contributed by atoms with Crippen LogP contribution >= 0.6 is 11.6 Å². The first-order chi connectivity index (χ1) is 12.6. The van der Waals surface area contributed by atoms with Gasteiger partial charge in [-0.15, -0.1) is 11.6 Å². The van der Waals surface area contributed by atoms with E-state index in [1.165, 1.54) is 0 Å². The summed E-state index contributed by atoms with van der Waals surface area (Å²) in [5.41, 5.74) is -2.06. The van der Waals surface area contributed by atoms with Crippen LogP contribution in [0.5, 0.6) is 0 Å². The molecule has 3 saturated carbocycles. The van der Waals surface area contributed by atoms with Gasteiger partial charge in [0, 0.05) is 16.7 Å². The largest absolute Gasteiger partial charge is 0.393 e. The summed E-state index contributed by atoms with van der Waals surface area (Å²) in [5.74, 6) is -0.705. The fourth-order valence-corrected chi connectivity index (χ4v) is 7.43. The van der Waals surface area contributed by atoms with Gasteiger partial charge < -0.3 is 15.3 Å². The lowest BCUT2D eigenvalue weighted by Crippen LogP contribution is -2.62. The van der Waals surface area contributed by atoms with Crippen molar-refractivity contribution in [2.75, 3.05) is 6.61 Å². The van der Waals surface area contributed by atoms with Crippen LogP contribution in [0, 0.1) is 28.6 Å². The first-order valence-corrected chi connectivity index (χ1v) is 10.2. The predicted octanol–water partition coefficient (Wildman–Crippen LogP) is 1.77. The van der Waals surface area contributed by atoms with Crippen LogP contribution in [0.4, 0.5) is 0 Å². The maximum Gasteiger partial charge on any atom is 0.190 e. The number of carbonyl (C=O) groups excluding carboxylic acids is 2. The van der Waals surface area contributed by atoms with Crippen molar-refractivity contribution in [2.24, 2.45) is 28.6 Å². The van der Waals surface area contributed by atoms with E-state index >= 15 is 0 Å². The van der Waals surface area contributed by atoms with Crippen molar-refractivity contribution in [3.8, 4) is 0 Å². The molecule has 0 aliphatic heterocycles. The Morgan fingerprint density at radius 2 is 2.07 bits per heavy atom. The molecular weight excluding hydrogens is 368 g/mol. The number of carbonyl (C=O) groups is 2. The molecule has 0 aromatic heterocycles. The Bertz CT molecular complexity index is 760. The van der Waals surface area contributed by atoms with Crippen LogP contribution in [0.3, 0.4) is 0 Å². The van der Waals surface area contributed by atoms with E-state index in [1.54, 1.807) is 12.2 Å². The summed E-state index contributed by atoms with van der Waals surface area (Å²) < 4.78 is 0. The maximum atomic E-state index is 12.4. The van der Waals surface area contributed by atoms with Gasteiger partial charge >= 0.3 is 0 Å². The quantitative estimate of drug-likeness (QED) is 0.620. The smallest absolute Gasteiger partial charge is 0.190 e. The van der Waals surface area contributed by atoms with Crippen LogP contribution in [0.15, 0.2) is 23.8 Å². The number of Topliss-reactive ketones (excluding diaryl/α,β-unsaturated/α-hetero) is 1. The van der Waals surface area contributed by atoms with E-state index < -0.39 is 34.9 Å². The molecule has 5 nitrogen and oxygen atoms in total. The third-order valence-corrected chi connectivity index (χ3v) is 8.65. The third kappa shape index (κ3) is 2.35. The zero-order valence-electron chi connectivity index (χ0n) is 15.7. The van der Waals surface area contributed by atoms with E-state index in [0.717, 1.165) is 5.57 Å². The van der Waals surface area contributed by atoms with Gasteiger partial charge in [-0.1, -0.05) is 19.9 Å².